The van der Waals surface area contributed by atoms with Gasteiger partial charge in [0.2, 0.25) is 11.4 Å². The first-order valence-electron chi connectivity index (χ1n) is 15.3. The summed E-state index contributed by atoms with van der Waals surface area (Å²) in [5, 5.41) is 9.34. The summed E-state index contributed by atoms with van der Waals surface area (Å²) < 4.78 is 78.6. The summed E-state index contributed by atoms with van der Waals surface area (Å²) in [5.41, 5.74) is 14.7. The van der Waals surface area contributed by atoms with E-state index in [9.17, 15) is 22.9 Å². The van der Waals surface area contributed by atoms with Crippen LogP contribution >= 0.6 is 0 Å². The molecule has 4 aromatic rings. The number of pyridine rings is 1. The molecule has 6 rings (SSSR count). The molecular formula is C34H37ClN2O11S. The van der Waals surface area contributed by atoms with Gasteiger partial charge in [0.1, 0.15) is 22.4 Å². The third-order valence-electron chi connectivity index (χ3n) is 8.80. The number of halogens is 1. The summed E-state index contributed by atoms with van der Waals surface area (Å²) in [6.45, 7) is 0.697. The van der Waals surface area contributed by atoms with E-state index in [0.29, 0.717) is 18.5 Å². The Hall–Kier alpha value is -3.96. The minimum absolute atomic E-state index is 0. The second-order valence-corrected chi connectivity index (χ2v) is 13.8. The molecule has 0 bridgehead atoms. The first-order valence-corrected chi connectivity index (χ1v) is 17.9. The van der Waals surface area contributed by atoms with E-state index in [-0.39, 0.29) is 16.1 Å². The molecule has 0 aliphatic heterocycles. The minimum Gasteiger partial charge on any atom is -0.744 e. The average molecular weight is 717 g/mol. The molecule has 49 heavy (non-hydrogen) atoms. The highest BCUT2D eigenvalue weighted by atomic mass is 35.7. The van der Waals surface area contributed by atoms with Gasteiger partial charge in [-0.05, 0) is 73.1 Å². The van der Waals surface area contributed by atoms with Crippen molar-refractivity contribution < 1.29 is 72.3 Å². The molecule has 0 saturated carbocycles. The molecule has 15 heteroatoms. The summed E-state index contributed by atoms with van der Waals surface area (Å²) >= 11 is 0. The van der Waals surface area contributed by atoms with Gasteiger partial charge >= 0.3 is 5.97 Å². The zero-order valence-electron chi connectivity index (χ0n) is 26.6. The fraction of sp³-hybridized carbons (Fsp3) is 0.294. The summed E-state index contributed by atoms with van der Waals surface area (Å²) in [4.78, 5) is 11.0. The number of carboxylic acids is 1. The lowest BCUT2D eigenvalue weighted by atomic mass is 9.77. The number of aryl methyl sites for hydroxylation is 2. The predicted molar refractivity (Wildman–Crippen MR) is 164 cm³/mol. The molecule has 1 aromatic heterocycles. The zero-order chi connectivity index (χ0) is 34.8. The van der Waals surface area contributed by atoms with E-state index in [2.05, 4.69) is 46.7 Å². The number of nitrogens with zero attached hydrogens (tertiary/aromatic N) is 1. The Morgan fingerprint density at radius 3 is 1.88 bits per heavy atom. The lowest BCUT2D eigenvalue weighted by Crippen LogP contribution is -2.68. The Morgan fingerprint density at radius 1 is 0.898 bits per heavy atom. The molecular weight excluding hydrogens is 680 g/mol. The molecule has 2 aliphatic carbocycles. The number of fused-ring (bicyclic) bond motifs is 6. The van der Waals surface area contributed by atoms with Gasteiger partial charge in [0.15, 0.2) is 6.04 Å². The fourth-order valence-corrected chi connectivity index (χ4v) is 7.47. The maximum atomic E-state index is 12.3. The highest BCUT2D eigenvalue weighted by Gasteiger charge is 2.37. The second-order valence-electron chi connectivity index (χ2n) is 11.7. The maximum Gasteiger partial charge on any atom is 0.362 e. The number of quaternary nitrogens is 1. The van der Waals surface area contributed by atoms with Crippen molar-refractivity contribution in [2.45, 2.75) is 62.4 Å². The third-order valence-corrected chi connectivity index (χ3v) is 9.66. The van der Waals surface area contributed by atoms with Crippen molar-refractivity contribution >= 4 is 16.1 Å². The quantitative estimate of drug-likeness (QED) is 0.113. The van der Waals surface area contributed by atoms with Gasteiger partial charge in [0.25, 0.3) is 0 Å². The second kappa shape index (κ2) is 15.3. The highest BCUT2D eigenvalue weighted by molar-refractivity contribution is 7.85. The number of ether oxygens (including phenoxy) is 1. The minimum atomic E-state index is -4.94. The molecule has 262 valence electrons. The number of rotatable bonds is 9. The number of benzene rings is 3. The van der Waals surface area contributed by atoms with Crippen molar-refractivity contribution in [3.8, 4) is 39.4 Å². The number of carbonyl (C=O) groups is 1. The number of aromatic nitrogens is 1. The Kier molecular flexibility index (Phi) is 11.8. The number of methoxy groups -OCH3 is 1. The molecule has 0 spiro atoms. The van der Waals surface area contributed by atoms with Crippen molar-refractivity contribution in [3.63, 3.8) is 0 Å². The topological polar surface area (TPSA) is 259 Å². The van der Waals surface area contributed by atoms with Crippen molar-refractivity contribution in [3.05, 3.63) is 89.0 Å². The molecule has 0 amide bonds. The highest BCUT2D eigenvalue weighted by Crippen LogP contribution is 2.45. The van der Waals surface area contributed by atoms with Crippen molar-refractivity contribution in [1.29, 1.82) is 0 Å². The lowest BCUT2D eigenvalue weighted by molar-refractivity contribution is -2.00. The molecule has 6 N–H and O–H groups in total. The predicted octanol–water partition coefficient (Wildman–Crippen LogP) is -1.63. The van der Waals surface area contributed by atoms with Crippen molar-refractivity contribution in [2.24, 2.45) is 0 Å². The van der Waals surface area contributed by atoms with E-state index >= 15 is 0 Å². The van der Waals surface area contributed by atoms with Crippen LogP contribution in [0.4, 0.5) is 0 Å². The number of carboxylic acid groups (broad SMARTS) is 1. The van der Waals surface area contributed by atoms with Crippen LogP contribution in [0.25, 0.3) is 33.6 Å². The van der Waals surface area contributed by atoms with Crippen LogP contribution in [-0.4, -0.2) is 42.7 Å². The van der Waals surface area contributed by atoms with Gasteiger partial charge in [-0.15, -0.1) is 10.2 Å². The normalized spacial score (nSPS) is 13.7. The van der Waals surface area contributed by atoms with E-state index in [1.54, 1.807) is 6.07 Å². The average Bonchev–Trinajstić information content (AvgIpc) is 3.04. The molecule has 1 heterocycles. The van der Waals surface area contributed by atoms with Crippen molar-refractivity contribution in [2.75, 3.05) is 7.11 Å². The Bertz CT molecular complexity index is 1880. The molecule has 1 atom stereocenters. The Balaban J connectivity index is 0.000000841. The zero-order valence-corrected chi connectivity index (χ0v) is 28.2. The largest absolute Gasteiger partial charge is 0.744 e. The van der Waals surface area contributed by atoms with Gasteiger partial charge < -0.3 is 25.6 Å². The molecule has 0 radical (unpaired) electrons. The van der Waals surface area contributed by atoms with E-state index < -0.39 is 32.4 Å². The molecule has 3 aromatic carbocycles. The Labute approximate surface area is 285 Å². The summed E-state index contributed by atoms with van der Waals surface area (Å²) in [5.74, 6) is -0.846. The third kappa shape index (κ3) is 8.44. The fourth-order valence-electron chi connectivity index (χ4n) is 6.80. The van der Waals surface area contributed by atoms with E-state index in [0.717, 1.165) is 77.7 Å². The van der Waals surface area contributed by atoms with Gasteiger partial charge in [-0.3, -0.25) is 0 Å². The van der Waals surface area contributed by atoms with Crippen LogP contribution in [0.2, 0.25) is 0 Å². The van der Waals surface area contributed by atoms with Crippen LogP contribution in [-0.2, 0) is 47.1 Å². The lowest BCUT2D eigenvalue weighted by Gasteiger charge is -2.29. The van der Waals surface area contributed by atoms with Gasteiger partial charge in [0.05, 0.1) is 12.0 Å². The summed E-state index contributed by atoms with van der Waals surface area (Å²) in [6.07, 6.45) is 5.24. The molecule has 13 nitrogen and oxygen atoms in total. The maximum absolute atomic E-state index is 12.3. The van der Waals surface area contributed by atoms with Crippen LogP contribution in [0.3, 0.4) is 0 Å². The molecule has 0 fully saturated rings. The van der Waals surface area contributed by atoms with Crippen LogP contribution < -0.4 is 33.7 Å². The van der Waals surface area contributed by atoms with Crippen LogP contribution in [0.15, 0.2) is 71.6 Å². The van der Waals surface area contributed by atoms with Gasteiger partial charge in [-0.25, -0.2) is 31.8 Å². The first kappa shape index (κ1) is 37.9. The number of hydrogen-bond donors (Lipinski definition) is 2. The van der Waals surface area contributed by atoms with Gasteiger partial charge in [0, 0.05) is 40.7 Å². The summed E-state index contributed by atoms with van der Waals surface area (Å²) in [7, 11) is -8.36. The SMILES string of the molecule is COc1ccc(-c2c3c([n+](CCCCC([NH3+])C(=O)O)c4c2CCc2ccccc2-4)-c2ccccc2CC3)cc1S(=O)(=O)[O-].O.[O-][Cl+3]([O-])([O-])[O-]. The van der Waals surface area contributed by atoms with E-state index in [1.165, 1.54) is 24.3 Å². The van der Waals surface area contributed by atoms with Gasteiger partial charge in [-0.2, -0.15) is 4.57 Å². The molecule has 0 saturated heterocycles. The monoisotopic (exact) mass is 716 g/mol. The van der Waals surface area contributed by atoms with Crippen LogP contribution in [0.1, 0.15) is 41.5 Å². The summed E-state index contributed by atoms with van der Waals surface area (Å²) in [6, 6.07) is 21.1. The van der Waals surface area contributed by atoms with Gasteiger partial charge in [-0.1, -0.05) is 42.5 Å². The molecule has 1 unspecified atom stereocenters. The van der Waals surface area contributed by atoms with E-state index in [1.807, 2.05) is 18.2 Å². The number of aliphatic carboxylic acids is 1. The van der Waals surface area contributed by atoms with Crippen molar-refractivity contribution in [1.82, 2.24) is 0 Å². The van der Waals surface area contributed by atoms with Crippen LogP contribution in [0, 0.1) is 10.2 Å². The Morgan fingerprint density at radius 2 is 1.41 bits per heavy atom. The standard InChI is InChI=1S/C34H34N2O6S.ClHO4.H2O/c1-42-29-18-15-23(20-30(29)43(39,40)41)31-26-16-13-21-8-2-4-10-24(21)32(26)36(19-7-6-12-28(35)34(37)38)33-25-11-5-3-9-22(25)14-17-27(31)33;2-1(3,4)5;/h2-5,8-11,15,18,20,28H,6-7,12-14,16-17,19,35H2,1H3,(H-,37,38,39,40,41);(H,2,3,4,5);1H2. The van der Waals surface area contributed by atoms with E-state index in [4.69, 9.17) is 23.4 Å². The first-order chi connectivity index (χ1) is 22.7. The smallest absolute Gasteiger partial charge is 0.362 e. The number of hydrogen-bond acceptors (Lipinski definition) is 9. The number of unbranched alkanes of at least 4 members (excludes halogenated alkanes) is 1. The van der Waals surface area contributed by atoms with Crippen LogP contribution in [0.5, 0.6) is 5.75 Å². The molecule has 2 aliphatic rings.